The maximum atomic E-state index is 11.8. The average Bonchev–Trinajstić information content (AvgIpc) is 2.84. The maximum absolute atomic E-state index is 11.8. The molecule has 1 aromatic rings. The molecule has 1 aliphatic heterocycles. The molecule has 18 heavy (non-hydrogen) atoms. The molecule has 1 aromatic carbocycles. The number of carbonyl (C=O) groups excluding carboxylic acids is 1. The summed E-state index contributed by atoms with van der Waals surface area (Å²) < 4.78 is 11.5. The fourth-order valence-electron chi connectivity index (χ4n) is 1.96. The van der Waals surface area contributed by atoms with Gasteiger partial charge in [-0.25, -0.2) is 0 Å². The van der Waals surface area contributed by atoms with Crippen molar-refractivity contribution in [1.82, 2.24) is 0 Å². The minimum Gasteiger partial charge on any atom is -0.495 e. The summed E-state index contributed by atoms with van der Waals surface area (Å²) in [4.78, 5) is 11.8. The van der Waals surface area contributed by atoms with Crippen LogP contribution in [0, 0.1) is 0 Å². The molecule has 1 heterocycles. The molecule has 0 saturated carbocycles. The Balaban J connectivity index is 1.93. The topological polar surface area (TPSA) is 47.6 Å². The van der Waals surface area contributed by atoms with Crippen LogP contribution in [0.3, 0.4) is 0 Å². The average molecular weight is 314 g/mol. The van der Waals surface area contributed by atoms with E-state index >= 15 is 0 Å². The molecule has 5 heteroatoms. The van der Waals surface area contributed by atoms with Crippen molar-refractivity contribution in [3.05, 3.63) is 22.7 Å². The number of hydrogen-bond donors (Lipinski definition) is 1. The van der Waals surface area contributed by atoms with E-state index in [2.05, 4.69) is 21.2 Å². The van der Waals surface area contributed by atoms with E-state index in [9.17, 15) is 4.79 Å². The summed E-state index contributed by atoms with van der Waals surface area (Å²) in [5.74, 6) is 0.677. The third kappa shape index (κ3) is 3.46. The number of anilines is 1. The second kappa shape index (κ2) is 6.20. The van der Waals surface area contributed by atoms with Gasteiger partial charge < -0.3 is 14.8 Å². The third-order valence-corrected chi connectivity index (χ3v) is 3.53. The van der Waals surface area contributed by atoms with Crippen LogP contribution >= 0.6 is 15.9 Å². The van der Waals surface area contributed by atoms with Crippen molar-refractivity contribution in [2.45, 2.75) is 25.4 Å². The van der Waals surface area contributed by atoms with Crippen LogP contribution in [-0.4, -0.2) is 25.7 Å². The molecular weight excluding hydrogens is 298 g/mol. The fourth-order valence-corrected chi connectivity index (χ4v) is 2.37. The Hall–Kier alpha value is -1.07. The third-order valence-electron chi connectivity index (χ3n) is 2.87. The fraction of sp³-hybridized carbons (Fsp3) is 0.462. The van der Waals surface area contributed by atoms with E-state index in [1.54, 1.807) is 13.2 Å². The lowest BCUT2D eigenvalue weighted by Gasteiger charge is -2.11. The zero-order valence-electron chi connectivity index (χ0n) is 10.2. The molecule has 1 aliphatic rings. The zero-order chi connectivity index (χ0) is 13.0. The molecule has 0 aromatic heterocycles. The van der Waals surface area contributed by atoms with Crippen LogP contribution in [0.2, 0.25) is 0 Å². The highest BCUT2D eigenvalue weighted by molar-refractivity contribution is 9.10. The molecule has 1 N–H and O–H groups in total. The first-order valence-corrected chi connectivity index (χ1v) is 6.73. The predicted octanol–water partition coefficient (Wildman–Crippen LogP) is 2.97. The van der Waals surface area contributed by atoms with Crippen molar-refractivity contribution in [2.24, 2.45) is 0 Å². The molecule has 2 rings (SSSR count). The molecular formula is C13H16BrNO3. The molecule has 1 amide bonds. The summed E-state index contributed by atoms with van der Waals surface area (Å²) in [5, 5.41) is 2.85. The van der Waals surface area contributed by atoms with E-state index in [4.69, 9.17) is 9.47 Å². The molecule has 0 unspecified atom stereocenters. The summed E-state index contributed by atoms with van der Waals surface area (Å²) >= 11 is 3.37. The Labute approximate surface area is 115 Å². The van der Waals surface area contributed by atoms with Crippen LogP contribution in [-0.2, 0) is 9.53 Å². The number of benzene rings is 1. The highest BCUT2D eigenvalue weighted by Crippen LogP contribution is 2.28. The summed E-state index contributed by atoms with van der Waals surface area (Å²) in [6.07, 6.45) is 2.50. The highest BCUT2D eigenvalue weighted by Gasteiger charge is 2.19. The first kappa shape index (κ1) is 13.4. The van der Waals surface area contributed by atoms with E-state index in [-0.39, 0.29) is 12.0 Å². The van der Waals surface area contributed by atoms with Gasteiger partial charge in [0, 0.05) is 18.4 Å². The van der Waals surface area contributed by atoms with Gasteiger partial charge in [0.2, 0.25) is 5.91 Å². The molecule has 4 nitrogen and oxygen atoms in total. The van der Waals surface area contributed by atoms with E-state index in [0.29, 0.717) is 12.2 Å². The summed E-state index contributed by atoms with van der Waals surface area (Å²) in [6.45, 7) is 0.768. The largest absolute Gasteiger partial charge is 0.495 e. The number of halogens is 1. The Morgan fingerprint density at radius 3 is 3.11 bits per heavy atom. The Bertz CT molecular complexity index is 430. The van der Waals surface area contributed by atoms with Gasteiger partial charge >= 0.3 is 0 Å². The van der Waals surface area contributed by atoms with Crippen molar-refractivity contribution in [2.75, 3.05) is 19.0 Å². The predicted molar refractivity (Wildman–Crippen MR) is 72.9 cm³/mol. The van der Waals surface area contributed by atoms with Crippen LogP contribution in [0.15, 0.2) is 22.7 Å². The van der Waals surface area contributed by atoms with Crippen LogP contribution in [0.4, 0.5) is 5.69 Å². The number of rotatable bonds is 4. The minimum absolute atomic E-state index is 0.0220. The van der Waals surface area contributed by atoms with E-state index in [1.165, 1.54) is 0 Å². The lowest BCUT2D eigenvalue weighted by Crippen LogP contribution is -2.19. The Kier molecular flexibility index (Phi) is 4.60. The van der Waals surface area contributed by atoms with Gasteiger partial charge in [-0.15, -0.1) is 0 Å². The smallest absolute Gasteiger partial charge is 0.226 e. The summed E-state index contributed by atoms with van der Waals surface area (Å²) in [6, 6.07) is 5.47. The van der Waals surface area contributed by atoms with Gasteiger partial charge in [-0.2, -0.15) is 0 Å². The number of carbonyl (C=O) groups is 1. The van der Waals surface area contributed by atoms with Gasteiger partial charge in [0.1, 0.15) is 5.75 Å². The molecule has 0 radical (unpaired) electrons. The normalized spacial score (nSPS) is 18.7. The SMILES string of the molecule is COc1cc(NC(=O)C[C@@H]2CCCO2)ccc1Br. The molecule has 0 bridgehead atoms. The van der Waals surface area contributed by atoms with Gasteiger partial charge in [-0.05, 0) is 40.9 Å². The van der Waals surface area contributed by atoms with Crippen molar-refractivity contribution in [3.63, 3.8) is 0 Å². The second-order valence-corrected chi connectivity index (χ2v) is 5.09. The van der Waals surface area contributed by atoms with Crippen LogP contribution < -0.4 is 10.1 Å². The van der Waals surface area contributed by atoms with Crippen molar-refractivity contribution in [1.29, 1.82) is 0 Å². The zero-order valence-corrected chi connectivity index (χ0v) is 11.8. The van der Waals surface area contributed by atoms with E-state index in [0.717, 1.165) is 29.6 Å². The highest BCUT2D eigenvalue weighted by atomic mass is 79.9. The van der Waals surface area contributed by atoms with Gasteiger partial charge in [-0.1, -0.05) is 0 Å². The number of amides is 1. The standard InChI is InChI=1S/C13H16BrNO3/c1-17-12-7-9(4-5-11(12)14)15-13(16)8-10-3-2-6-18-10/h4-5,7,10H,2-3,6,8H2,1H3,(H,15,16)/t10-/m0/s1. The molecule has 1 atom stereocenters. The number of ether oxygens (including phenoxy) is 2. The minimum atomic E-state index is -0.0220. The number of hydrogen-bond acceptors (Lipinski definition) is 3. The summed E-state index contributed by atoms with van der Waals surface area (Å²) in [7, 11) is 1.60. The van der Waals surface area contributed by atoms with Crippen LogP contribution in [0.5, 0.6) is 5.75 Å². The van der Waals surface area contributed by atoms with Crippen molar-refractivity contribution >= 4 is 27.5 Å². The summed E-state index contributed by atoms with van der Waals surface area (Å²) in [5.41, 5.74) is 0.734. The molecule has 1 saturated heterocycles. The second-order valence-electron chi connectivity index (χ2n) is 4.24. The molecule has 1 fully saturated rings. The number of nitrogens with one attached hydrogen (secondary N) is 1. The van der Waals surface area contributed by atoms with Gasteiger partial charge in [0.15, 0.2) is 0 Å². The Morgan fingerprint density at radius 2 is 2.44 bits per heavy atom. The van der Waals surface area contributed by atoms with Gasteiger partial charge in [-0.3, -0.25) is 4.79 Å². The first-order chi connectivity index (χ1) is 8.69. The molecule has 0 aliphatic carbocycles. The Morgan fingerprint density at radius 1 is 1.61 bits per heavy atom. The lowest BCUT2D eigenvalue weighted by atomic mass is 10.2. The van der Waals surface area contributed by atoms with Gasteiger partial charge in [0.05, 0.1) is 24.1 Å². The van der Waals surface area contributed by atoms with Gasteiger partial charge in [0.25, 0.3) is 0 Å². The van der Waals surface area contributed by atoms with Crippen LogP contribution in [0.1, 0.15) is 19.3 Å². The quantitative estimate of drug-likeness (QED) is 0.929. The maximum Gasteiger partial charge on any atom is 0.226 e. The number of methoxy groups -OCH3 is 1. The van der Waals surface area contributed by atoms with Crippen LogP contribution in [0.25, 0.3) is 0 Å². The lowest BCUT2D eigenvalue weighted by molar-refractivity contribution is -0.118. The van der Waals surface area contributed by atoms with Crippen molar-refractivity contribution < 1.29 is 14.3 Å². The van der Waals surface area contributed by atoms with Crippen molar-refractivity contribution in [3.8, 4) is 5.75 Å². The first-order valence-electron chi connectivity index (χ1n) is 5.94. The monoisotopic (exact) mass is 313 g/mol. The van der Waals surface area contributed by atoms with E-state index < -0.39 is 0 Å². The molecule has 0 spiro atoms. The molecule has 98 valence electrons. The van der Waals surface area contributed by atoms with E-state index in [1.807, 2.05) is 12.1 Å².